The third-order valence-electron chi connectivity index (χ3n) is 2.85. The van der Waals surface area contributed by atoms with Crippen molar-refractivity contribution in [2.45, 2.75) is 31.0 Å². The highest BCUT2D eigenvalue weighted by Crippen LogP contribution is 2.44. The predicted octanol–water partition coefficient (Wildman–Crippen LogP) is 0.459. The first-order valence-electron chi connectivity index (χ1n) is 4.30. The lowest BCUT2D eigenvalue weighted by atomic mass is 9.86. The summed E-state index contributed by atoms with van der Waals surface area (Å²) >= 11 is 0. The van der Waals surface area contributed by atoms with Gasteiger partial charge < -0.3 is 10.4 Å². The van der Waals surface area contributed by atoms with Crippen molar-refractivity contribution in [3.63, 3.8) is 0 Å². The number of hydrogen-bond donors (Lipinski definition) is 2. The van der Waals surface area contributed by atoms with Crippen molar-refractivity contribution in [3.8, 4) is 0 Å². The molecule has 64 valence electrons. The lowest BCUT2D eigenvalue weighted by Gasteiger charge is -2.36. The number of halogens is 1. The number of aliphatic hydroxyl groups is 1. The Morgan fingerprint density at radius 2 is 2.18 bits per heavy atom. The first-order valence-corrected chi connectivity index (χ1v) is 4.30. The van der Waals surface area contributed by atoms with Crippen LogP contribution in [0.2, 0.25) is 0 Å². The van der Waals surface area contributed by atoms with Gasteiger partial charge in [-0.2, -0.15) is 0 Å². The van der Waals surface area contributed by atoms with Crippen molar-refractivity contribution in [3.05, 3.63) is 0 Å². The Balaban J connectivity index is 2.06. The molecule has 0 radical (unpaired) electrons. The molecule has 1 aliphatic carbocycles. The van der Waals surface area contributed by atoms with E-state index in [9.17, 15) is 9.50 Å². The van der Waals surface area contributed by atoms with Gasteiger partial charge in [0.05, 0.1) is 0 Å². The van der Waals surface area contributed by atoms with E-state index in [1.54, 1.807) is 0 Å². The topological polar surface area (TPSA) is 32.3 Å². The van der Waals surface area contributed by atoms with Gasteiger partial charge in [-0.15, -0.1) is 0 Å². The van der Waals surface area contributed by atoms with E-state index in [1.807, 2.05) is 0 Å². The van der Waals surface area contributed by atoms with Crippen LogP contribution in [0, 0.1) is 5.92 Å². The molecule has 2 unspecified atom stereocenters. The largest absolute Gasteiger partial charge is 0.386 e. The second-order valence-corrected chi connectivity index (χ2v) is 3.69. The van der Waals surface area contributed by atoms with E-state index in [2.05, 4.69) is 5.32 Å². The van der Waals surface area contributed by atoms with Crippen LogP contribution in [0.15, 0.2) is 0 Å². The van der Waals surface area contributed by atoms with E-state index >= 15 is 0 Å². The third kappa shape index (κ3) is 1.16. The number of piperidine rings is 1. The van der Waals surface area contributed by atoms with Gasteiger partial charge in [0.15, 0.2) is 0 Å². The summed E-state index contributed by atoms with van der Waals surface area (Å²) in [6, 6.07) is 0. The Morgan fingerprint density at radius 1 is 1.45 bits per heavy atom. The summed E-state index contributed by atoms with van der Waals surface area (Å²) in [7, 11) is 0. The molecule has 0 bridgehead atoms. The molecule has 0 aromatic carbocycles. The van der Waals surface area contributed by atoms with Crippen LogP contribution in [-0.2, 0) is 0 Å². The van der Waals surface area contributed by atoms with Gasteiger partial charge in [0.25, 0.3) is 0 Å². The van der Waals surface area contributed by atoms with Gasteiger partial charge in [0.1, 0.15) is 11.8 Å². The summed E-state index contributed by atoms with van der Waals surface area (Å²) in [6.45, 7) is 1.08. The molecular formula is C8H14FNO. The fourth-order valence-corrected chi connectivity index (χ4v) is 1.89. The van der Waals surface area contributed by atoms with Gasteiger partial charge in [-0.05, 0) is 31.7 Å². The molecule has 1 heterocycles. The summed E-state index contributed by atoms with van der Waals surface area (Å²) in [5.74, 6) is 0.250. The maximum atomic E-state index is 13.2. The zero-order valence-corrected chi connectivity index (χ0v) is 6.52. The van der Waals surface area contributed by atoms with Crippen molar-refractivity contribution in [1.29, 1.82) is 0 Å². The Morgan fingerprint density at radius 3 is 2.73 bits per heavy atom. The highest BCUT2D eigenvalue weighted by atomic mass is 19.1. The normalized spacial score (nSPS) is 45.8. The van der Waals surface area contributed by atoms with Crippen LogP contribution in [0.3, 0.4) is 0 Å². The predicted molar refractivity (Wildman–Crippen MR) is 40.1 cm³/mol. The fourth-order valence-electron chi connectivity index (χ4n) is 1.89. The van der Waals surface area contributed by atoms with Gasteiger partial charge >= 0.3 is 0 Å². The molecule has 2 N–H and O–H groups in total. The highest BCUT2D eigenvalue weighted by molar-refractivity contribution is 5.02. The second kappa shape index (κ2) is 2.42. The van der Waals surface area contributed by atoms with Crippen LogP contribution < -0.4 is 5.32 Å². The average Bonchev–Trinajstić information content (AvgIpc) is 2.77. The maximum absolute atomic E-state index is 13.2. The Bertz CT molecular complexity index is 160. The van der Waals surface area contributed by atoms with E-state index in [1.165, 1.54) is 0 Å². The minimum absolute atomic E-state index is 0.250. The van der Waals surface area contributed by atoms with Crippen molar-refractivity contribution in [2.24, 2.45) is 5.92 Å². The van der Waals surface area contributed by atoms with Gasteiger partial charge in [0.2, 0.25) is 0 Å². The van der Waals surface area contributed by atoms with Crippen molar-refractivity contribution in [1.82, 2.24) is 5.32 Å². The van der Waals surface area contributed by atoms with Crippen LogP contribution in [-0.4, -0.2) is 30.0 Å². The Labute approximate surface area is 65.8 Å². The van der Waals surface area contributed by atoms with Crippen LogP contribution in [0.1, 0.15) is 19.3 Å². The van der Waals surface area contributed by atoms with E-state index in [4.69, 9.17) is 0 Å². The molecule has 2 rings (SSSR count). The maximum Gasteiger partial charge on any atom is 0.141 e. The van der Waals surface area contributed by atoms with E-state index in [0.29, 0.717) is 13.0 Å². The van der Waals surface area contributed by atoms with Gasteiger partial charge in [-0.1, -0.05) is 0 Å². The van der Waals surface area contributed by atoms with Crippen LogP contribution in [0.4, 0.5) is 4.39 Å². The van der Waals surface area contributed by atoms with Gasteiger partial charge in [0, 0.05) is 6.54 Å². The molecule has 1 saturated heterocycles. The molecule has 0 spiro atoms. The second-order valence-electron chi connectivity index (χ2n) is 3.69. The molecule has 0 amide bonds. The summed E-state index contributed by atoms with van der Waals surface area (Å²) in [5, 5.41) is 12.8. The van der Waals surface area contributed by atoms with Crippen molar-refractivity contribution >= 4 is 0 Å². The summed E-state index contributed by atoms with van der Waals surface area (Å²) < 4.78 is 13.2. The third-order valence-corrected chi connectivity index (χ3v) is 2.85. The smallest absolute Gasteiger partial charge is 0.141 e. The number of nitrogens with one attached hydrogen (secondary N) is 1. The number of rotatable bonds is 1. The molecule has 2 fully saturated rings. The zero-order chi connectivity index (χ0) is 7.90. The fraction of sp³-hybridized carbons (Fsp3) is 1.00. The first-order chi connectivity index (χ1) is 5.23. The molecule has 1 saturated carbocycles. The minimum atomic E-state index is -1.05. The minimum Gasteiger partial charge on any atom is -0.386 e. The highest BCUT2D eigenvalue weighted by Gasteiger charge is 2.50. The van der Waals surface area contributed by atoms with Crippen molar-refractivity contribution in [2.75, 3.05) is 13.1 Å². The molecule has 3 heteroatoms. The first kappa shape index (κ1) is 7.50. The van der Waals surface area contributed by atoms with Crippen LogP contribution >= 0.6 is 0 Å². The molecule has 1 aliphatic heterocycles. The molecule has 11 heavy (non-hydrogen) atoms. The van der Waals surface area contributed by atoms with Crippen LogP contribution in [0.25, 0.3) is 0 Å². The van der Waals surface area contributed by atoms with E-state index in [-0.39, 0.29) is 5.92 Å². The van der Waals surface area contributed by atoms with Crippen molar-refractivity contribution < 1.29 is 9.50 Å². The van der Waals surface area contributed by atoms with E-state index < -0.39 is 11.8 Å². The lowest BCUT2D eigenvalue weighted by Crippen LogP contribution is -2.53. The average molecular weight is 159 g/mol. The Kier molecular flexibility index (Phi) is 1.65. The molecule has 2 aliphatic rings. The zero-order valence-electron chi connectivity index (χ0n) is 6.52. The molecule has 2 nitrogen and oxygen atoms in total. The summed E-state index contributed by atoms with van der Waals surface area (Å²) in [4.78, 5) is 0. The Hall–Kier alpha value is -0.150. The summed E-state index contributed by atoms with van der Waals surface area (Å²) in [5.41, 5.74) is -0.981. The summed E-state index contributed by atoms with van der Waals surface area (Å²) in [6.07, 6.45) is 1.55. The molecular weight excluding hydrogens is 145 g/mol. The molecule has 0 aromatic rings. The van der Waals surface area contributed by atoms with Gasteiger partial charge in [-0.25, -0.2) is 4.39 Å². The van der Waals surface area contributed by atoms with E-state index in [0.717, 1.165) is 19.4 Å². The lowest BCUT2D eigenvalue weighted by molar-refractivity contribution is -0.0722. The SMILES string of the molecule is OC1(C2CC2)CCNCC1F. The monoisotopic (exact) mass is 159 g/mol. The number of hydrogen-bond acceptors (Lipinski definition) is 2. The molecule has 0 aromatic heterocycles. The number of alkyl halides is 1. The standard InChI is InChI=1S/C8H14FNO/c9-7-5-10-4-3-8(7,11)6-1-2-6/h6-7,10-11H,1-5H2. The van der Waals surface area contributed by atoms with Gasteiger partial charge in [-0.3, -0.25) is 0 Å². The van der Waals surface area contributed by atoms with Crippen LogP contribution in [0.5, 0.6) is 0 Å². The quantitative estimate of drug-likeness (QED) is 0.582. The molecule has 2 atom stereocenters.